The Labute approximate surface area is 294 Å². The van der Waals surface area contributed by atoms with Crippen LogP contribution >= 0.6 is 23.5 Å². The van der Waals surface area contributed by atoms with Crippen LogP contribution in [0.15, 0.2) is 121 Å². The first-order valence-electron chi connectivity index (χ1n) is 16.6. The number of hydrogen-bond acceptors (Lipinski definition) is 8. The van der Waals surface area contributed by atoms with Gasteiger partial charge in [-0.25, -0.2) is 0 Å². The van der Waals surface area contributed by atoms with E-state index in [9.17, 15) is 4.79 Å². The molecule has 0 aliphatic heterocycles. The number of carbonyl (C=O) groups is 1. The molecular weight excluding hydrogens is 641 g/mol. The maximum atomic E-state index is 12.7. The summed E-state index contributed by atoms with van der Waals surface area (Å²) in [6.07, 6.45) is -2.52. The van der Waals surface area contributed by atoms with E-state index in [1.54, 1.807) is 0 Å². The molecule has 0 amide bonds. The van der Waals surface area contributed by atoms with Crippen molar-refractivity contribution >= 4 is 29.5 Å². The van der Waals surface area contributed by atoms with Crippen LogP contribution in [0.3, 0.4) is 0 Å². The van der Waals surface area contributed by atoms with Gasteiger partial charge in [0.15, 0.2) is 6.10 Å². The molecule has 0 fully saturated rings. The fourth-order valence-electron chi connectivity index (χ4n) is 5.26. The fourth-order valence-corrected chi connectivity index (χ4v) is 7.97. The summed E-state index contributed by atoms with van der Waals surface area (Å²) >= 11 is 3.66. The first-order valence-corrected chi connectivity index (χ1v) is 18.7. The Bertz CT molecular complexity index is 1410. The van der Waals surface area contributed by atoms with Gasteiger partial charge in [0.25, 0.3) is 0 Å². The van der Waals surface area contributed by atoms with Crippen LogP contribution in [0.25, 0.3) is 0 Å². The number of ether oxygens (including phenoxy) is 5. The molecule has 0 aliphatic carbocycles. The standard InChI is InChI=1S/C40H48O6S2/c1-4-47-40(48-5-2)39(45-29-35-24-16-9-17-25-35)38(44-28-34-22-14-8-15-23-34)37(43-27-33-20-12-7-13-21-33)36(46-31(3)41)30-42-26-32-18-10-6-11-19-32/h6-25,36-40H,4-5,26-30H2,1-3H3/t36-,37-,38+,39-/m1/s1. The number of benzene rings is 4. The maximum absolute atomic E-state index is 12.7. The monoisotopic (exact) mass is 688 g/mol. The molecule has 0 saturated heterocycles. The summed E-state index contributed by atoms with van der Waals surface area (Å²) in [4.78, 5) is 12.7. The normalized spacial score (nSPS) is 13.9. The van der Waals surface area contributed by atoms with Gasteiger partial charge in [0.05, 0.1) is 37.6 Å². The van der Waals surface area contributed by atoms with Gasteiger partial charge in [0.1, 0.15) is 18.3 Å². The minimum absolute atomic E-state index is 0.0236. The van der Waals surface area contributed by atoms with Crippen molar-refractivity contribution in [1.29, 1.82) is 0 Å². The molecule has 8 heteroatoms. The molecule has 0 radical (unpaired) electrons. The molecule has 0 N–H and O–H groups in total. The lowest BCUT2D eigenvalue weighted by molar-refractivity contribution is -0.198. The number of rotatable bonds is 22. The van der Waals surface area contributed by atoms with Crippen LogP contribution in [0.1, 0.15) is 43.0 Å². The van der Waals surface area contributed by atoms with Crippen LogP contribution in [-0.4, -0.2) is 53.1 Å². The Hall–Kier alpha value is -3.11. The van der Waals surface area contributed by atoms with E-state index in [2.05, 4.69) is 26.0 Å². The zero-order chi connectivity index (χ0) is 33.8. The molecule has 48 heavy (non-hydrogen) atoms. The summed E-state index contributed by atoms with van der Waals surface area (Å²) in [7, 11) is 0. The van der Waals surface area contributed by atoms with Gasteiger partial charge in [0, 0.05) is 6.92 Å². The van der Waals surface area contributed by atoms with E-state index in [1.807, 2.05) is 133 Å². The van der Waals surface area contributed by atoms with Crippen LogP contribution in [0.5, 0.6) is 0 Å². The fraction of sp³-hybridized carbons (Fsp3) is 0.375. The maximum Gasteiger partial charge on any atom is 0.303 e. The number of carbonyl (C=O) groups excluding carboxylic acids is 1. The molecule has 0 unspecified atom stereocenters. The van der Waals surface area contributed by atoms with Crippen molar-refractivity contribution in [2.45, 2.75) is 76.2 Å². The zero-order valence-corrected chi connectivity index (χ0v) is 29.8. The Morgan fingerprint density at radius 1 is 0.542 bits per heavy atom. The SMILES string of the molecule is CCSC(SCC)[C@H](OCc1ccccc1)[C@@H](OCc1ccccc1)[C@H](OCc1ccccc1)[C@@H](COCc1ccccc1)OC(C)=O. The van der Waals surface area contributed by atoms with Gasteiger partial charge in [-0.1, -0.05) is 135 Å². The third kappa shape index (κ3) is 13.1. The second-order valence-corrected chi connectivity index (χ2v) is 14.3. The van der Waals surface area contributed by atoms with Crippen molar-refractivity contribution < 1.29 is 28.5 Å². The molecule has 0 aromatic heterocycles. The van der Waals surface area contributed by atoms with Crippen molar-refractivity contribution in [3.05, 3.63) is 144 Å². The van der Waals surface area contributed by atoms with E-state index in [1.165, 1.54) is 6.92 Å². The molecule has 0 heterocycles. The molecule has 4 rings (SSSR count). The van der Waals surface area contributed by atoms with Gasteiger partial charge < -0.3 is 23.7 Å². The lowest BCUT2D eigenvalue weighted by Gasteiger charge is -2.39. The molecule has 4 atom stereocenters. The molecule has 256 valence electrons. The van der Waals surface area contributed by atoms with Crippen molar-refractivity contribution in [1.82, 2.24) is 0 Å². The smallest absolute Gasteiger partial charge is 0.303 e. The predicted octanol–water partition coefficient (Wildman–Crippen LogP) is 8.72. The second-order valence-electron chi connectivity index (χ2n) is 11.2. The van der Waals surface area contributed by atoms with Crippen LogP contribution in [0.4, 0.5) is 0 Å². The number of esters is 1. The van der Waals surface area contributed by atoms with Crippen molar-refractivity contribution in [2.75, 3.05) is 18.1 Å². The molecule has 0 bridgehead atoms. The number of thioether (sulfide) groups is 2. The van der Waals surface area contributed by atoms with E-state index in [0.29, 0.717) is 26.4 Å². The Balaban J connectivity index is 1.74. The Morgan fingerprint density at radius 2 is 0.917 bits per heavy atom. The summed E-state index contributed by atoms with van der Waals surface area (Å²) in [5.74, 6) is 1.39. The third-order valence-corrected chi connectivity index (χ3v) is 10.2. The van der Waals surface area contributed by atoms with Crippen LogP contribution in [0, 0.1) is 0 Å². The predicted molar refractivity (Wildman–Crippen MR) is 197 cm³/mol. The first-order chi connectivity index (χ1) is 23.6. The van der Waals surface area contributed by atoms with Crippen molar-refractivity contribution in [3.8, 4) is 0 Å². The van der Waals surface area contributed by atoms with Gasteiger partial charge in [0.2, 0.25) is 0 Å². The van der Waals surface area contributed by atoms with Crippen LogP contribution in [-0.2, 0) is 54.9 Å². The first kappa shape index (κ1) is 37.7. The lowest BCUT2D eigenvalue weighted by atomic mass is 10.0. The van der Waals surface area contributed by atoms with Crippen molar-refractivity contribution in [2.24, 2.45) is 0 Å². The molecule has 0 saturated carbocycles. The third-order valence-electron chi connectivity index (χ3n) is 7.51. The summed E-state index contributed by atoms with van der Waals surface area (Å²) in [5.41, 5.74) is 4.12. The second kappa shape index (κ2) is 21.8. The van der Waals surface area contributed by atoms with E-state index < -0.39 is 30.4 Å². The highest BCUT2D eigenvalue weighted by Crippen LogP contribution is 2.35. The summed E-state index contributed by atoms with van der Waals surface area (Å²) in [5, 5.41) is 0. The highest BCUT2D eigenvalue weighted by molar-refractivity contribution is 8.17. The Morgan fingerprint density at radius 3 is 1.31 bits per heavy atom. The van der Waals surface area contributed by atoms with E-state index in [0.717, 1.165) is 33.8 Å². The average Bonchev–Trinajstić information content (AvgIpc) is 3.12. The van der Waals surface area contributed by atoms with E-state index >= 15 is 0 Å². The van der Waals surface area contributed by atoms with Gasteiger partial charge in [-0.2, -0.15) is 0 Å². The Kier molecular flexibility index (Phi) is 17.1. The number of hydrogen-bond donors (Lipinski definition) is 0. The minimum Gasteiger partial charge on any atom is -0.457 e. The topological polar surface area (TPSA) is 63.2 Å². The van der Waals surface area contributed by atoms with Crippen LogP contribution < -0.4 is 0 Å². The lowest BCUT2D eigenvalue weighted by Crippen LogP contribution is -2.53. The van der Waals surface area contributed by atoms with Crippen molar-refractivity contribution in [3.63, 3.8) is 0 Å². The van der Waals surface area contributed by atoms with E-state index in [-0.39, 0.29) is 11.2 Å². The highest BCUT2D eigenvalue weighted by Gasteiger charge is 2.43. The van der Waals surface area contributed by atoms with Gasteiger partial charge in [-0.05, 0) is 33.8 Å². The molecule has 6 nitrogen and oxygen atoms in total. The van der Waals surface area contributed by atoms with Gasteiger partial charge in [-0.3, -0.25) is 4.79 Å². The summed E-state index contributed by atoms with van der Waals surface area (Å²) < 4.78 is 32.9. The van der Waals surface area contributed by atoms with Gasteiger partial charge in [-0.15, -0.1) is 23.5 Å². The van der Waals surface area contributed by atoms with Gasteiger partial charge >= 0.3 is 5.97 Å². The molecule has 4 aromatic carbocycles. The van der Waals surface area contributed by atoms with E-state index in [4.69, 9.17) is 23.7 Å². The largest absolute Gasteiger partial charge is 0.457 e. The molecule has 0 spiro atoms. The van der Waals surface area contributed by atoms with Crippen LogP contribution in [0.2, 0.25) is 0 Å². The molecular formula is C40H48O6S2. The molecule has 4 aromatic rings. The zero-order valence-electron chi connectivity index (χ0n) is 28.1. The quantitative estimate of drug-likeness (QED) is 0.0600. The minimum atomic E-state index is -0.766. The molecule has 0 aliphatic rings. The average molecular weight is 689 g/mol. The highest BCUT2D eigenvalue weighted by atomic mass is 32.2. The summed E-state index contributed by atoms with van der Waals surface area (Å²) in [6.45, 7) is 7.25. The summed E-state index contributed by atoms with van der Waals surface area (Å²) in [6, 6.07) is 40.2.